The number of rotatable bonds is 3. The Morgan fingerprint density at radius 3 is 2.33 bits per heavy atom. The largest absolute Gasteiger partial charge is 0.334 e. The Hall–Kier alpha value is -1.06. The second-order valence-electron chi connectivity index (χ2n) is 5.22. The van der Waals surface area contributed by atoms with Gasteiger partial charge in [0.05, 0.1) is 6.04 Å². The molecule has 15 heavy (non-hydrogen) atoms. The van der Waals surface area contributed by atoms with E-state index < -0.39 is 0 Å². The molecule has 0 aromatic carbocycles. The van der Waals surface area contributed by atoms with E-state index in [2.05, 4.69) is 10.6 Å². The lowest BCUT2D eigenvalue weighted by Gasteiger charge is -2.19. The van der Waals surface area contributed by atoms with Crippen molar-refractivity contribution in [1.29, 1.82) is 0 Å². The van der Waals surface area contributed by atoms with Crippen molar-refractivity contribution in [2.24, 2.45) is 5.41 Å². The molecule has 2 unspecified atom stereocenters. The summed E-state index contributed by atoms with van der Waals surface area (Å²) in [6.07, 6.45) is 1.25. The molecule has 1 fully saturated rings. The number of hydrogen-bond acceptors (Lipinski definition) is 2. The van der Waals surface area contributed by atoms with Crippen LogP contribution in [0.1, 0.15) is 40.5 Å². The van der Waals surface area contributed by atoms with Gasteiger partial charge < -0.3 is 10.6 Å². The van der Waals surface area contributed by atoms with Crippen molar-refractivity contribution in [2.75, 3.05) is 0 Å². The van der Waals surface area contributed by atoms with Gasteiger partial charge in [0.1, 0.15) is 5.78 Å². The third-order valence-electron chi connectivity index (χ3n) is 2.80. The van der Waals surface area contributed by atoms with E-state index in [-0.39, 0.29) is 29.3 Å². The zero-order valence-corrected chi connectivity index (χ0v) is 9.89. The van der Waals surface area contributed by atoms with Gasteiger partial charge in [-0.15, -0.1) is 0 Å². The molecule has 0 spiro atoms. The van der Waals surface area contributed by atoms with Gasteiger partial charge in [0.2, 0.25) is 0 Å². The Balaban J connectivity index is 2.38. The SMILES string of the molecule is CC1NC(=O)NC1CCC(=O)C(C)(C)C. The number of urea groups is 1. The van der Waals surface area contributed by atoms with Crippen molar-refractivity contribution in [1.82, 2.24) is 10.6 Å². The zero-order chi connectivity index (χ0) is 11.6. The van der Waals surface area contributed by atoms with Crippen LogP contribution >= 0.6 is 0 Å². The van der Waals surface area contributed by atoms with E-state index in [1.54, 1.807) is 0 Å². The quantitative estimate of drug-likeness (QED) is 0.744. The van der Waals surface area contributed by atoms with E-state index in [0.29, 0.717) is 6.42 Å². The molecule has 1 heterocycles. The Labute approximate surface area is 90.8 Å². The van der Waals surface area contributed by atoms with Gasteiger partial charge in [0, 0.05) is 17.9 Å². The summed E-state index contributed by atoms with van der Waals surface area (Å²) in [5, 5.41) is 5.58. The molecule has 0 bridgehead atoms. The highest BCUT2D eigenvalue weighted by Gasteiger charge is 2.29. The minimum atomic E-state index is -0.278. The summed E-state index contributed by atoms with van der Waals surface area (Å²) in [5.41, 5.74) is -0.278. The molecule has 2 N–H and O–H groups in total. The molecule has 2 amide bonds. The Bertz CT molecular complexity index is 268. The number of ketones is 1. The predicted octanol–water partition coefficient (Wildman–Crippen LogP) is 1.45. The average Bonchev–Trinajstić information content (AvgIpc) is 2.39. The van der Waals surface area contributed by atoms with Gasteiger partial charge in [-0.2, -0.15) is 0 Å². The topological polar surface area (TPSA) is 58.2 Å². The van der Waals surface area contributed by atoms with Gasteiger partial charge in [0.25, 0.3) is 0 Å². The molecule has 0 saturated carbocycles. The second kappa shape index (κ2) is 4.21. The lowest BCUT2D eigenvalue weighted by molar-refractivity contribution is -0.126. The van der Waals surface area contributed by atoms with Crippen LogP contribution in [-0.4, -0.2) is 23.9 Å². The van der Waals surface area contributed by atoms with Crippen LogP contribution in [0, 0.1) is 5.41 Å². The first kappa shape index (κ1) is 12.0. The maximum absolute atomic E-state index is 11.7. The molecular formula is C11H20N2O2. The lowest BCUT2D eigenvalue weighted by Crippen LogP contribution is -2.32. The van der Waals surface area contributed by atoms with Crippen molar-refractivity contribution in [2.45, 2.75) is 52.6 Å². The van der Waals surface area contributed by atoms with Crippen LogP contribution in [0.15, 0.2) is 0 Å². The van der Waals surface area contributed by atoms with Gasteiger partial charge in [-0.25, -0.2) is 4.79 Å². The third-order valence-corrected chi connectivity index (χ3v) is 2.80. The van der Waals surface area contributed by atoms with Gasteiger partial charge in [-0.05, 0) is 13.3 Å². The van der Waals surface area contributed by atoms with Gasteiger partial charge in [0.15, 0.2) is 0 Å². The van der Waals surface area contributed by atoms with Gasteiger partial charge in [-0.1, -0.05) is 20.8 Å². The van der Waals surface area contributed by atoms with E-state index >= 15 is 0 Å². The third kappa shape index (κ3) is 3.22. The molecule has 0 radical (unpaired) electrons. The van der Waals surface area contributed by atoms with Gasteiger partial charge >= 0.3 is 6.03 Å². The van der Waals surface area contributed by atoms with Crippen molar-refractivity contribution in [3.05, 3.63) is 0 Å². The second-order valence-corrected chi connectivity index (χ2v) is 5.22. The molecule has 4 heteroatoms. The smallest absolute Gasteiger partial charge is 0.315 e. The molecule has 86 valence electrons. The molecule has 4 nitrogen and oxygen atoms in total. The van der Waals surface area contributed by atoms with Crippen LogP contribution in [0.4, 0.5) is 4.79 Å². The fourth-order valence-corrected chi connectivity index (χ4v) is 1.63. The minimum absolute atomic E-state index is 0.0869. The highest BCUT2D eigenvalue weighted by molar-refractivity contribution is 5.84. The zero-order valence-electron chi connectivity index (χ0n) is 9.89. The van der Waals surface area contributed by atoms with E-state index in [0.717, 1.165) is 6.42 Å². The van der Waals surface area contributed by atoms with Crippen LogP contribution in [0.25, 0.3) is 0 Å². The number of amides is 2. The summed E-state index contributed by atoms with van der Waals surface area (Å²) in [5.74, 6) is 0.246. The fraction of sp³-hybridized carbons (Fsp3) is 0.818. The number of hydrogen-bond donors (Lipinski definition) is 2. The predicted molar refractivity (Wildman–Crippen MR) is 58.6 cm³/mol. The molecule has 1 saturated heterocycles. The highest BCUT2D eigenvalue weighted by Crippen LogP contribution is 2.19. The number of carbonyl (C=O) groups is 2. The Morgan fingerprint density at radius 2 is 1.93 bits per heavy atom. The van der Waals surface area contributed by atoms with Crippen molar-refractivity contribution in [3.8, 4) is 0 Å². The monoisotopic (exact) mass is 212 g/mol. The van der Waals surface area contributed by atoms with Crippen LogP contribution in [0.3, 0.4) is 0 Å². The number of Topliss-reactive ketones (excluding diaryl/α,β-unsaturated/α-hetero) is 1. The standard InChI is InChI=1S/C11H20N2O2/c1-7-8(13-10(15)12-7)5-6-9(14)11(2,3)4/h7-8H,5-6H2,1-4H3,(H2,12,13,15). The average molecular weight is 212 g/mol. The summed E-state index contributed by atoms with van der Waals surface area (Å²) in [6.45, 7) is 7.71. The van der Waals surface area contributed by atoms with Crippen molar-refractivity contribution in [3.63, 3.8) is 0 Å². The Kier molecular flexibility index (Phi) is 3.37. The number of carbonyl (C=O) groups excluding carboxylic acids is 2. The molecule has 0 aliphatic carbocycles. The van der Waals surface area contributed by atoms with Crippen LogP contribution < -0.4 is 10.6 Å². The summed E-state index contributed by atoms with van der Waals surface area (Å²) >= 11 is 0. The summed E-state index contributed by atoms with van der Waals surface area (Å²) < 4.78 is 0. The van der Waals surface area contributed by atoms with Crippen molar-refractivity contribution >= 4 is 11.8 Å². The van der Waals surface area contributed by atoms with Gasteiger partial charge in [-0.3, -0.25) is 4.79 Å². The minimum Gasteiger partial charge on any atom is -0.334 e. The van der Waals surface area contributed by atoms with Crippen LogP contribution in [0.5, 0.6) is 0 Å². The first-order valence-electron chi connectivity index (χ1n) is 5.41. The molecule has 0 aromatic rings. The Morgan fingerprint density at radius 1 is 1.33 bits per heavy atom. The normalized spacial score (nSPS) is 26.0. The maximum atomic E-state index is 11.7. The van der Waals surface area contributed by atoms with Crippen LogP contribution in [-0.2, 0) is 4.79 Å². The summed E-state index contributed by atoms with van der Waals surface area (Å²) in [6, 6.07) is 0.0739. The highest BCUT2D eigenvalue weighted by atomic mass is 16.2. The summed E-state index contributed by atoms with van der Waals surface area (Å²) in [4.78, 5) is 22.7. The molecule has 1 rings (SSSR count). The number of nitrogens with one attached hydrogen (secondary N) is 2. The first-order chi connectivity index (χ1) is 6.80. The maximum Gasteiger partial charge on any atom is 0.315 e. The van der Waals surface area contributed by atoms with E-state index in [1.165, 1.54) is 0 Å². The van der Waals surface area contributed by atoms with E-state index in [4.69, 9.17) is 0 Å². The van der Waals surface area contributed by atoms with Crippen molar-refractivity contribution < 1.29 is 9.59 Å². The molecule has 2 atom stereocenters. The molecule has 1 aliphatic heterocycles. The summed E-state index contributed by atoms with van der Waals surface area (Å²) in [7, 11) is 0. The lowest BCUT2D eigenvalue weighted by atomic mass is 9.87. The van der Waals surface area contributed by atoms with E-state index in [1.807, 2.05) is 27.7 Å². The molecular weight excluding hydrogens is 192 g/mol. The van der Waals surface area contributed by atoms with Crippen LogP contribution in [0.2, 0.25) is 0 Å². The fourth-order valence-electron chi connectivity index (χ4n) is 1.63. The molecule has 1 aliphatic rings. The first-order valence-corrected chi connectivity index (χ1v) is 5.41. The molecule has 0 aromatic heterocycles. The van der Waals surface area contributed by atoms with E-state index in [9.17, 15) is 9.59 Å².